The Kier molecular flexibility index (Phi) is 4.23. The van der Waals surface area contributed by atoms with E-state index in [0.29, 0.717) is 0 Å². The number of benzene rings is 1. The molecule has 0 saturated carbocycles. The predicted molar refractivity (Wildman–Crippen MR) is 52.8 cm³/mol. The summed E-state index contributed by atoms with van der Waals surface area (Å²) in [6, 6.07) is 5.34. The van der Waals surface area contributed by atoms with Crippen LogP contribution in [0.1, 0.15) is 0 Å². The minimum absolute atomic E-state index is 0.0656. The molecule has 0 radical (unpaired) electrons. The van der Waals surface area contributed by atoms with Gasteiger partial charge in [-0.3, -0.25) is 4.21 Å². The van der Waals surface area contributed by atoms with Gasteiger partial charge >= 0.3 is 6.18 Å². The van der Waals surface area contributed by atoms with Crippen LogP contribution in [0.2, 0.25) is 0 Å². The molecule has 0 aliphatic carbocycles. The van der Waals surface area contributed by atoms with Gasteiger partial charge in [0.1, 0.15) is 5.82 Å². The molecular formula is C10H7F4NOS. The van der Waals surface area contributed by atoms with Gasteiger partial charge in [0.05, 0.1) is 22.6 Å². The van der Waals surface area contributed by atoms with Crippen molar-refractivity contribution in [3.05, 3.63) is 30.1 Å². The standard InChI is InChI=1S/C10H7F4NOS/c11-8-1-3-9(4-2-8)17(16)6-7(5-15)10(12,13)14/h1-4,7H,6H2. The number of alkyl halides is 3. The first-order valence-electron chi connectivity index (χ1n) is 4.45. The highest BCUT2D eigenvalue weighted by Crippen LogP contribution is 2.27. The van der Waals surface area contributed by atoms with E-state index in [4.69, 9.17) is 5.26 Å². The molecule has 17 heavy (non-hydrogen) atoms. The number of hydrogen-bond donors (Lipinski definition) is 0. The molecule has 2 nitrogen and oxygen atoms in total. The Balaban J connectivity index is 2.79. The minimum atomic E-state index is -4.70. The fourth-order valence-corrected chi connectivity index (χ4v) is 2.24. The molecule has 0 saturated heterocycles. The zero-order chi connectivity index (χ0) is 13.1. The molecule has 0 N–H and O–H groups in total. The van der Waals surface area contributed by atoms with Gasteiger partial charge in [-0.1, -0.05) is 0 Å². The fraction of sp³-hybridized carbons (Fsp3) is 0.300. The third kappa shape index (κ3) is 3.82. The van der Waals surface area contributed by atoms with E-state index in [9.17, 15) is 21.8 Å². The molecule has 0 fully saturated rings. The van der Waals surface area contributed by atoms with Crippen molar-refractivity contribution in [2.45, 2.75) is 11.1 Å². The average molecular weight is 265 g/mol. The van der Waals surface area contributed by atoms with E-state index in [0.717, 1.165) is 30.3 Å². The van der Waals surface area contributed by atoms with Crippen LogP contribution in [0.25, 0.3) is 0 Å². The van der Waals surface area contributed by atoms with Gasteiger partial charge in [-0.15, -0.1) is 0 Å². The lowest BCUT2D eigenvalue weighted by Gasteiger charge is -2.12. The van der Waals surface area contributed by atoms with E-state index < -0.39 is 34.5 Å². The van der Waals surface area contributed by atoms with Gasteiger partial charge < -0.3 is 0 Å². The van der Waals surface area contributed by atoms with Crippen molar-refractivity contribution in [3.8, 4) is 6.07 Å². The van der Waals surface area contributed by atoms with Crippen LogP contribution in [0.3, 0.4) is 0 Å². The highest BCUT2D eigenvalue weighted by molar-refractivity contribution is 7.85. The van der Waals surface area contributed by atoms with Gasteiger partial charge in [-0.05, 0) is 24.3 Å². The van der Waals surface area contributed by atoms with Crippen molar-refractivity contribution in [1.82, 2.24) is 0 Å². The van der Waals surface area contributed by atoms with E-state index in [1.54, 1.807) is 0 Å². The van der Waals surface area contributed by atoms with Crippen molar-refractivity contribution < 1.29 is 21.8 Å². The van der Waals surface area contributed by atoms with Crippen molar-refractivity contribution in [1.29, 1.82) is 5.26 Å². The van der Waals surface area contributed by atoms with Crippen LogP contribution >= 0.6 is 0 Å². The minimum Gasteiger partial charge on any atom is -0.254 e. The summed E-state index contributed by atoms with van der Waals surface area (Å²) < 4.78 is 60.8. The lowest BCUT2D eigenvalue weighted by Crippen LogP contribution is -2.26. The summed E-state index contributed by atoms with van der Waals surface area (Å²) in [6.45, 7) is 0. The molecule has 0 amide bonds. The SMILES string of the molecule is N#CC(CS(=O)c1ccc(F)cc1)C(F)(F)F. The molecule has 1 aromatic carbocycles. The lowest BCUT2D eigenvalue weighted by molar-refractivity contribution is -0.153. The van der Waals surface area contributed by atoms with Crippen LogP contribution in [0.5, 0.6) is 0 Å². The van der Waals surface area contributed by atoms with Crippen molar-refractivity contribution >= 4 is 10.8 Å². The molecule has 2 atom stereocenters. The molecule has 92 valence electrons. The quantitative estimate of drug-likeness (QED) is 0.788. The summed E-state index contributed by atoms with van der Waals surface area (Å²) in [7, 11) is -1.98. The molecule has 1 rings (SSSR count). The fourth-order valence-electron chi connectivity index (χ4n) is 1.04. The normalized spacial score (nSPS) is 15.0. The van der Waals surface area contributed by atoms with E-state index in [1.807, 2.05) is 0 Å². The molecular weight excluding hydrogens is 258 g/mol. The highest BCUT2D eigenvalue weighted by atomic mass is 32.2. The summed E-state index contributed by atoms with van der Waals surface area (Å²) in [4.78, 5) is 0.0656. The molecule has 2 unspecified atom stereocenters. The molecule has 0 aliphatic heterocycles. The Morgan fingerprint density at radius 2 is 1.82 bits per heavy atom. The summed E-state index contributed by atoms with van der Waals surface area (Å²) in [5.41, 5.74) is 0. The van der Waals surface area contributed by atoms with Crippen LogP contribution < -0.4 is 0 Å². The monoisotopic (exact) mass is 265 g/mol. The molecule has 7 heteroatoms. The maximum atomic E-state index is 12.5. The lowest BCUT2D eigenvalue weighted by atomic mass is 10.2. The van der Waals surface area contributed by atoms with E-state index >= 15 is 0 Å². The van der Waals surface area contributed by atoms with Crippen molar-refractivity contribution in [2.75, 3.05) is 5.75 Å². The predicted octanol–water partition coefficient (Wildman–Crippen LogP) is 2.64. The second-order valence-corrected chi connectivity index (χ2v) is 4.69. The summed E-state index contributed by atoms with van der Waals surface area (Å²) >= 11 is 0. The molecule has 0 aromatic heterocycles. The van der Waals surface area contributed by atoms with Crippen LogP contribution in [0.4, 0.5) is 17.6 Å². The number of rotatable bonds is 3. The topological polar surface area (TPSA) is 40.9 Å². The molecule has 0 aliphatic rings. The molecule has 0 bridgehead atoms. The Morgan fingerprint density at radius 1 is 1.29 bits per heavy atom. The first kappa shape index (κ1) is 13.6. The maximum Gasteiger partial charge on any atom is 0.405 e. The van der Waals surface area contributed by atoms with Crippen LogP contribution in [0.15, 0.2) is 29.2 Å². The van der Waals surface area contributed by atoms with E-state index in [2.05, 4.69) is 0 Å². The first-order chi connectivity index (χ1) is 7.84. The average Bonchev–Trinajstić information content (AvgIpc) is 2.24. The van der Waals surface area contributed by atoms with Crippen LogP contribution in [-0.4, -0.2) is 16.1 Å². The summed E-state index contributed by atoms with van der Waals surface area (Å²) in [5.74, 6) is -3.70. The third-order valence-electron chi connectivity index (χ3n) is 1.95. The van der Waals surface area contributed by atoms with Crippen molar-refractivity contribution in [2.24, 2.45) is 5.92 Å². The number of nitriles is 1. The smallest absolute Gasteiger partial charge is 0.254 e. The Bertz CT molecular complexity index is 449. The zero-order valence-electron chi connectivity index (χ0n) is 8.37. The Labute approximate surface area is 97.3 Å². The Morgan fingerprint density at radius 3 is 2.24 bits per heavy atom. The second kappa shape index (κ2) is 5.27. The zero-order valence-corrected chi connectivity index (χ0v) is 9.19. The molecule has 0 spiro atoms. The molecule has 0 heterocycles. The van der Waals surface area contributed by atoms with E-state index in [-0.39, 0.29) is 4.90 Å². The van der Waals surface area contributed by atoms with Crippen molar-refractivity contribution in [3.63, 3.8) is 0 Å². The second-order valence-electron chi connectivity index (χ2n) is 3.19. The largest absolute Gasteiger partial charge is 0.405 e. The maximum absolute atomic E-state index is 12.5. The van der Waals surface area contributed by atoms with Gasteiger partial charge in [0.15, 0.2) is 5.92 Å². The van der Waals surface area contributed by atoms with Gasteiger partial charge in [-0.25, -0.2) is 4.39 Å². The Hall–Kier alpha value is -1.42. The van der Waals surface area contributed by atoms with Gasteiger partial charge in [0.2, 0.25) is 0 Å². The third-order valence-corrected chi connectivity index (χ3v) is 3.38. The number of hydrogen-bond acceptors (Lipinski definition) is 2. The summed E-state index contributed by atoms with van der Waals surface area (Å²) in [5, 5.41) is 8.34. The number of halogens is 4. The van der Waals surface area contributed by atoms with Crippen LogP contribution in [-0.2, 0) is 10.8 Å². The number of nitrogens with zero attached hydrogens (tertiary/aromatic N) is 1. The van der Waals surface area contributed by atoms with E-state index in [1.165, 1.54) is 0 Å². The summed E-state index contributed by atoms with van der Waals surface area (Å²) in [6.07, 6.45) is -4.70. The highest BCUT2D eigenvalue weighted by Gasteiger charge is 2.41. The molecule has 1 aromatic rings. The van der Waals surface area contributed by atoms with Gasteiger partial charge in [0, 0.05) is 4.90 Å². The van der Waals surface area contributed by atoms with Gasteiger partial charge in [0.25, 0.3) is 0 Å². The van der Waals surface area contributed by atoms with Crippen LogP contribution in [0, 0.1) is 23.1 Å². The first-order valence-corrected chi connectivity index (χ1v) is 5.76. The van der Waals surface area contributed by atoms with Gasteiger partial charge in [-0.2, -0.15) is 18.4 Å².